The molecule has 1 unspecified atom stereocenters. The lowest BCUT2D eigenvalue weighted by molar-refractivity contribution is -0.752. The Morgan fingerprint density at radius 3 is 2.29 bits per heavy atom. The van der Waals surface area contributed by atoms with E-state index in [-0.39, 0.29) is 34.2 Å². The van der Waals surface area contributed by atoms with Gasteiger partial charge in [-0.1, -0.05) is 35.4 Å². The van der Waals surface area contributed by atoms with E-state index in [1.807, 2.05) is 32.9 Å². The molecule has 1 saturated heterocycles. The van der Waals surface area contributed by atoms with E-state index in [9.17, 15) is 18.0 Å². The number of hydrogen-bond donors (Lipinski definition) is 1. The lowest BCUT2D eigenvalue weighted by Crippen LogP contribution is -2.45. The van der Waals surface area contributed by atoms with Gasteiger partial charge in [0.2, 0.25) is 5.91 Å². The molecule has 0 radical (unpaired) electrons. The number of carbonyl (C=O) groups is 2. The Labute approximate surface area is 265 Å². The minimum Gasteiger partial charge on any atom is -0.494 e. The summed E-state index contributed by atoms with van der Waals surface area (Å²) in [4.78, 5) is 30.1. The molecule has 1 aliphatic rings. The minimum absolute atomic E-state index is 0.0145. The van der Waals surface area contributed by atoms with Crippen LogP contribution in [0.2, 0.25) is 0 Å². The highest BCUT2D eigenvalue weighted by molar-refractivity contribution is 7.90. The van der Waals surface area contributed by atoms with Crippen molar-refractivity contribution in [2.45, 2.75) is 44.7 Å². The molecule has 0 bridgehead atoms. The maximum atomic E-state index is 13.9. The number of benzene rings is 3. The van der Waals surface area contributed by atoms with Crippen molar-refractivity contribution >= 4 is 50.5 Å². The Balaban J connectivity index is 1.47. The van der Waals surface area contributed by atoms with Gasteiger partial charge in [0.25, 0.3) is 27.2 Å². The van der Waals surface area contributed by atoms with E-state index in [0.29, 0.717) is 23.7 Å². The standard InChI is InChI=1S/C31H32N6O6S2/c1-5-42-24-14-10-22(11-15-24)32-28(38)18-26-30(39)37(23-12-6-20(2)7-13-23)31(44)36(26)19-27-29(43-34-35(27)4)33-45(40,41)25-16-8-21(3)9-17-25/h6-17,26H,5,18-19H2,1-4H3,(H,32,38)/b33-29-. The van der Waals surface area contributed by atoms with Crippen LogP contribution in [0.4, 0.5) is 11.4 Å². The zero-order valence-corrected chi connectivity index (χ0v) is 26.8. The molecule has 1 aliphatic heterocycles. The summed E-state index contributed by atoms with van der Waals surface area (Å²) in [5, 5.41) is 6.83. The predicted octanol–water partition coefficient (Wildman–Crippen LogP) is 2.90. The smallest absolute Gasteiger partial charge is 0.289 e. The van der Waals surface area contributed by atoms with Gasteiger partial charge in [0, 0.05) is 5.69 Å². The van der Waals surface area contributed by atoms with E-state index in [0.717, 1.165) is 11.1 Å². The van der Waals surface area contributed by atoms with Crippen LogP contribution in [0.3, 0.4) is 0 Å². The first-order chi connectivity index (χ1) is 21.5. The summed E-state index contributed by atoms with van der Waals surface area (Å²) in [5.41, 5.74) is 2.94. The third-order valence-corrected chi connectivity index (χ3v) is 8.86. The Morgan fingerprint density at radius 2 is 1.67 bits per heavy atom. The number of ether oxygens (including phenoxy) is 1. The van der Waals surface area contributed by atoms with Gasteiger partial charge in [0.1, 0.15) is 25.4 Å². The largest absolute Gasteiger partial charge is 0.494 e. The summed E-state index contributed by atoms with van der Waals surface area (Å²) in [6.45, 7) is 6.05. The lowest BCUT2D eigenvalue weighted by Gasteiger charge is -2.22. The Hall–Kier alpha value is -4.82. The van der Waals surface area contributed by atoms with E-state index in [4.69, 9.17) is 21.5 Å². The Bertz CT molecular complexity index is 1900. The number of nitrogens with zero attached hydrogens (tertiary/aromatic N) is 5. The van der Waals surface area contributed by atoms with Crippen LogP contribution < -0.4 is 30.5 Å². The molecule has 2 heterocycles. The third-order valence-electron chi connectivity index (χ3n) is 7.17. The molecule has 5 rings (SSSR count). The lowest BCUT2D eigenvalue weighted by atomic mass is 10.1. The maximum Gasteiger partial charge on any atom is 0.289 e. The number of anilines is 2. The summed E-state index contributed by atoms with van der Waals surface area (Å²) >= 11 is 5.79. The van der Waals surface area contributed by atoms with Crippen LogP contribution in [0.5, 0.6) is 5.75 Å². The number of aryl methyl sites for hydroxylation is 3. The molecule has 1 atom stereocenters. The SMILES string of the molecule is CCOc1ccc(NC(=O)CC2C(=O)N(c3ccc(C)cc3)C(=S)N2Cc2/c(=N/S(=O)(=O)c3ccc(C)cc3)o[n-][n+]2C)cc1. The average molecular weight is 649 g/mol. The van der Waals surface area contributed by atoms with Crippen molar-refractivity contribution in [3.05, 3.63) is 95.2 Å². The number of nitrogens with one attached hydrogen (secondary N) is 1. The Kier molecular flexibility index (Phi) is 9.16. The molecule has 45 heavy (non-hydrogen) atoms. The molecule has 3 aromatic carbocycles. The number of sulfonamides is 1. The van der Waals surface area contributed by atoms with Crippen LogP contribution in [-0.4, -0.2) is 42.9 Å². The molecular weight excluding hydrogens is 617 g/mol. The molecule has 1 N–H and O–H groups in total. The van der Waals surface area contributed by atoms with E-state index >= 15 is 0 Å². The molecule has 14 heteroatoms. The van der Waals surface area contributed by atoms with Crippen molar-refractivity contribution < 1.29 is 31.9 Å². The zero-order chi connectivity index (χ0) is 32.3. The monoisotopic (exact) mass is 648 g/mol. The highest BCUT2D eigenvalue weighted by atomic mass is 32.2. The fourth-order valence-corrected chi connectivity index (χ4v) is 6.08. The second-order valence-electron chi connectivity index (χ2n) is 10.5. The highest BCUT2D eigenvalue weighted by Gasteiger charge is 2.45. The fourth-order valence-electron chi connectivity index (χ4n) is 4.75. The molecular formula is C31H32N6O6S2. The number of hydrogen-bond acceptors (Lipinski definition) is 7. The zero-order valence-electron chi connectivity index (χ0n) is 25.1. The normalized spacial score (nSPS) is 15.6. The Morgan fingerprint density at radius 1 is 1.04 bits per heavy atom. The molecule has 1 fully saturated rings. The van der Waals surface area contributed by atoms with Crippen LogP contribution in [0.1, 0.15) is 30.2 Å². The van der Waals surface area contributed by atoms with Gasteiger partial charge < -0.3 is 19.5 Å². The number of aromatic nitrogens is 2. The molecule has 4 aromatic rings. The van der Waals surface area contributed by atoms with Gasteiger partial charge in [-0.05, 0) is 81.5 Å². The number of amides is 2. The molecule has 1 aromatic heterocycles. The first-order valence-electron chi connectivity index (χ1n) is 14.1. The quantitative estimate of drug-likeness (QED) is 0.203. The van der Waals surface area contributed by atoms with Gasteiger partial charge in [-0.25, -0.2) is 4.68 Å². The van der Waals surface area contributed by atoms with Crippen LogP contribution in [-0.2, 0) is 33.2 Å². The van der Waals surface area contributed by atoms with Crippen molar-refractivity contribution in [3.8, 4) is 5.75 Å². The van der Waals surface area contributed by atoms with Crippen molar-refractivity contribution in [1.29, 1.82) is 0 Å². The molecule has 0 aliphatic carbocycles. The van der Waals surface area contributed by atoms with Gasteiger partial charge in [0.05, 0.1) is 23.6 Å². The van der Waals surface area contributed by atoms with Gasteiger partial charge in [-0.15, -0.1) is 4.40 Å². The number of thiocarbonyl (C=S) groups is 1. The predicted molar refractivity (Wildman–Crippen MR) is 169 cm³/mol. The van der Waals surface area contributed by atoms with Crippen LogP contribution in [0.15, 0.2) is 86.6 Å². The molecule has 0 spiro atoms. The topological polar surface area (TPSA) is 140 Å². The summed E-state index contributed by atoms with van der Waals surface area (Å²) in [7, 11) is -2.59. The van der Waals surface area contributed by atoms with E-state index in [1.165, 1.54) is 21.7 Å². The number of rotatable bonds is 10. The maximum absolute atomic E-state index is 13.9. The summed E-state index contributed by atoms with van der Waals surface area (Å²) in [6.07, 6.45) is -0.238. The van der Waals surface area contributed by atoms with Crippen molar-refractivity contribution in [2.75, 3.05) is 16.8 Å². The molecule has 12 nitrogen and oxygen atoms in total. The number of carbonyl (C=O) groups excluding carboxylic acids is 2. The molecule has 2 amide bonds. The molecule has 0 saturated carbocycles. The summed E-state index contributed by atoms with van der Waals surface area (Å²) < 4.78 is 42.2. The van der Waals surface area contributed by atoms with Gasteiger partial charge in [0.15, 0.2) is 5.11 Å². The van der Waals surface area contributed by atoms with E-state index < -0.39 is 27.9 Å². The fraction of sp³-hybridized carbons (Fsp3) is 0.258. The van der Waals surface area contributed by atoms with Crippen LogP contribution >= 0.6 is 12.2 Å². The highest BCUT2D eigenvalue weighted by Crippen LogP contribution is 2.29. The summed E-state index contributed by atoms with van der Waals surface area (Å²) in [6, 6.07) is 19.4. The minimum atomic E-state index is -4.15. The van der Waals surface area contributed by atoms with Crippen molar-refractivity contribution in [3.63, 3.8) is 0 Å². The van der Waals surface area contributed by atoms with Crippen LogP contribution in [0, 0.1) is 13.8 Å². The van der Waals surface area contributed by atoms with Crippen LogP contribution in [0.25, 0.3) is 0 Å². The summed E-state index contributed by atoms with van der Waals surface area (Å²) in [5.74, 6) is -0.160. The van der Waals surface area contributed by atoms with Crippen molar-refractivity contribution in [2.24, 2.45) is 11.4 Å². The molecule has 234 valence electrons. The second kappa shape index (κ2) is 13.0. The van der Waals surface area contributed by atoms with E-state index in [1.54, 1.807) is 60.5 Å². The second-order valence-corrected chi connectivity index (χ2v) is 12.4. The first kappa shape index (κ1) is 31.6. The van der Waals surface area contributed by atoms with Gasteiger partial charge in [-0.2, -0.15) is 8.42 Å². The van der Waals surface area contributed by atoms with E-state index in [2.05, 4.69) is 15.0 Å². The third kappa shape index (κ3) is 6.97. The first-order valence-corrected chi connectivity index (χ1v) is 15.9. The average Bonchev–Trinajstić information content (AvgIpc) is 3.45. The van der Waals surface area contributed by atoms with Gasteiger partial charge in [-0.3, -0.25) is 19.8 Å². The van der Waals surface area contributed by atoms with Gasteiger partial charge >= 0.3 is 0 Å². The van der Waals surface area contributed by atoms with Crippen molar-refractivity contribution in [1.82, 2.24) is 10.2 Å².